The van der Waals surface area contributed by atoms with Crippen LogP contribution in [-0.4, -0.2) is 47.7 Å². The number of azo groups is 1. The van der Waals surface area contributed by atoms with E-state index in [1.54, 1.807) is 6.20 Å². The Balaban J connectivity index is 1.29. The number of piperazine rings is 1. The van der Waals surface area contributed by atoms with Crippen LogP contribution in [0.25, 0.3) is 11.1 Å². The molecule has 1 aliphatic carbocycles. The molecule has 2 fully saturated rings. The van der Waals surface area contributed by atoms with Crippen molar-refractivity contribution in [3.05, 3.63) is 30.1 Å². The van der Waals surface area contributed by atoms with Crippen LogP contribution in [0.3, 0.4) is 0 Å². The summed E-state index contributed by atoms with van der Waals surface area (Å²) in [5, 5.41) is 15.3. The highest BCUT2D eigenvalue weighted by atomic mass is 16.4. The van der Waals surface area contributed by atoms with E-state index in [1.807, 2.05) is 12.3 Å². The highest BCUT2D eigenvalue weighted by Crippen LogP contribution is 2.50. The highest BCUT2D eigenvalue weighted by molar-refractivity contribution is 5.84. The highest BCUT2D eigenvalue weighted by Gasteiger charge is 2.42. The Labute approximate surface area is 180 Å². The molecular formula is C22H26N8O. The van der Waals surface area contributed by atoms with Crippen molar-refractivity contribution in [2.45, 2.75) is 37.5 Å². The molecule has 3 aromatic heterocycles. The van der Waals surface area contributed by atoms with Crippen LogP contribution in [0.1, 0.15) is 37.7 Å². The summed E-state index contributed by atoms with van der Waals surface area (Å²) in [4.78, 5) is 16.2. The van der Waals surface area contributed by atoms with Crippen LogP contribution < -0.4 is 15.5 Å². The standard InChI is InChI=1S/C22H26N8O/c1-2-6-22(7-3-1)14-26-29-20-18(22)19-16(31-20)13-25-21(28-19)27-17-5-4-15(12-24-17)30-10-8-23-9-11-30/h4-5,12-13,23H,1-3,6-11,14H2,(H,24,25,27,28). The monoisotopic (exact) mass is 418 g/mol. The number of hydrogen-bond acceptors (Lipinski definition) is 9. The lowest BCUT2D eigenvalue weighted by molar-refractivity contribution is 0.291. The molecular weight excluding hydrogens is 392 g/mol. The zero-order valence-corrected chi connectivity index (χ0v) is 17.5. The van der Waals surface area contributed by atoms with Gasteiger partial charge in [0, 0.05) is 31.6 Å². The molecule has 31 heavy (non-hydrogen) atoms. The Morgan fingerprint density at radius 1 is 1.03 bits per heavy atom. The normalized spacial score (nSPS) is 20.2. The van der Waals surface area contributed by atoms with Gasteiger partial charge in [-0.05, 0) is 25.0 Å². The summed E-state index contributed by atoms with van der Waals surface area (Å²) in [6.45, 7) is 4.72. The van der Waals surface area contributed by atoms with E-state index in [0.717, 1.165) is 68.2 Å². The molecule has 2 aliphatic heterocycles. The van der Waals surface area contributed by atoms with Gasteiger partial charge >= 0.3 is 0 Å². The molecule has 2 N–H and O–H groups in total. The zero-order valence-electron chi connectivity index (χ0n) is 17.5. The molecule has 0 atom stereocenters. The van der Waals surface area contributed by atoms with E-state index in [2.05, 4.69) is 41.8 Å². The molecule has 3 aliphatic rings. The maximum absolute atomic E-state index is 5.97. The van der Waals surface area contributed by atoms with Crippen molar-refractivity contribution in [2.75, 3.05) is 42.9 Å². The average Bonchev–Trinajstić information content (AvgIpc) is 3.20. The fourth-order valence-electron chi connectivity index (χ4n) is 5.12. The second-order valence-corrected chi connectivity index (χ2v) is 8.69. The summed E-state index contributed by atoms with van der Waals surface area (Å²) in [5.74, 6) is 1.85. The number of aromatic nitrogens is 3. The van der Waals surface area contributed by atoms with Gasteiger partial charge in [0.25, 0.3) is 0 Å². The van der Waals surface area contributed by atoms with Crippen molar-refractivity contribution in [3.8, 4) is 0 Å². The first-order valence-corrected chi connectivity index (χ1v) is 11.2. The third-order valence-corrected chi connectivity index (χ3v) is 6.76. The molecule has 1 spiro atoms. The van der Waals surface area contributed by atoms with Gasteiger partial charge in [-0.1, -0.05) is 19.3 Å². The number of pyridine rings is 1. The van der Waals surface area contributed by atoms with Crippen molar-refractivity contribution < 1.29 is 4.42 Å². The fourth-order valence-corrected chi connectivity index (χ4v) is 5.12. The molecule has 0 unspecified atom stereocenters. The quantitative estimate of drug-likeness (QED) is 0.661. The van der Waals surface area contributed by atoms with Crippen LogP contribution in [-0.2, 0) is 5.41 Å². The van der Waals surface area contributed by atoms with Crippen molar-refractivity contribution in [3.63, 3.8) is 0 Å². The van der Waals surface area contributed by atoms with E-state index in [1.165, 1.54) is 19.3 Å². The lowest BCUT2D eigenvalue weighted by Crippen LogP contribution is -2.43. The van der Waals surface area contributed by atoms with Gasteiger partial charge in [0.05, 0.1) is 30.2 Å². The van der Waals surface area contributed by atoms with Crippen LogP contribution in [0.15, 0.2) is 39.2 Å². The first kappa shape index (κ1) is 18.7. The summed E-state index contributed by atoms with van der Waals surface area (Å²) in [6.07, 6.45) is 9.54. The largest absolute Gasteiger partial charge is 0.433 e. The predicted molar refractivity (Wildman–Crippen MR) is 119 cm³/mol. The van der Waals surface area contributed by atoms with Gasteiger partial charge in [0.15, 0.2) is 5.58 Å². The van der Waals surface area contributed by atoms with E-state index < -0.39 is 0 Å². The van der Waals surface area contributed by atoms with E-state index in [0.29, 0.717) is 17.4 Å². The van der Waals surface area contributed by atoms with Crippen LogP contribution >= 0.6 is 0 Å². The van der Waals surface area contributed by atoms with Crippen molar-refractivity contribution in [1.29, 1.82) is 0 Å². The Morgan fingerprint density at radius 2 is 1.90 bits per heavy atom. The second-order valence-electron chi connectivity index (χ2n) is 8.69. The first-order valence-electron chi connectivity index (χ1n) is 11.2. The van der Waals surface area contributed by atoms with Crippen molar-refractivity contribution in [2.24, 2.45) is 10.2 Å². The maximum atomic E-state index is 5.97. The third-order valence-electron chi connectivity index (χ3n) is 6.76. The number of hydrogen-bond donors (Lipinski definition) is 2. The minimum atomic E-state index is -0.00456. The molecule has 0 radical (unpaired) electrons. The third kappa shape index (κ3) is 3.33. The van der Waals surface area contributed by atoms with Gasteiger partial charge in [-0.2, -0.15) is 5.11 Å². The van der Waals surface area contributed by atoms with E-state index in [4.69, 9.17) is 9.40 Å². The topological polar surface area (TPSA) is 104 Å². The molecule has 3 aromatic rings. The predicted octanol–water partition coefficient (Wildman–Crippen LogP) is 4.07. The lowest BCUT2D eigenvalue weighted by atomic mass is 9.69. The Bertz CT molecular complexity index is 1110. The maximum Gasteiger partial charge on any atom is 0.244 e. The molecule has 160 valence electrons. The Morgan fingerprint density at radius 3 is 2.71 bits per heavy atom. The molecule has 9 heteroatoms. The smallest absolute Gasteiger partial charge is 0.244 e. The minimum Gasteiger partial charge on any atom is -0.433 e. The molecule has 9 nitrogen and oxygen atoms in total. The molecule has 0 amide bonds. The summed E-state index contributed by atoms with van der Waals surface area (Å²) < 4.78 is 5.97. The van der Waals surface area contributed by atoms with Crippen LogP contribution in [0.5, 0.6) is 0 Å². The first-order chi connectivity index (χ1) is 15.3. The fraction of sp³-hybridized carbons (Fsp3) is 0.500. The number of anilines is 3. The number of nitrogens with one attached hydrogen (secondary N) is 2. The van der Waals surface area contributed by atoms with Gasteiger partial charge in [-0.3, -0.25) is 0 Å². The van der Waals surface area contributed by atoms with E-state index in [9.17, 15) is 0 Å². The number of nitrogens with zero attached hydrogens (tertiary/aromatic N) is 6. The Hall–Kier alpha value is -3.07. The summed E-state index contributed by atoms with van der Waals surface area (Å²) in [5.41, 5.74) is 3.77. The van der Waals surface area contributed by atoms with Gasteiger partial charge in [0.1, 0.15) is 11.3 Å². The van der Waals surface area contributed by atoms with E-state index >= 15 is 0 Å². The lowest BCUT2D eigenvalue weighted by Gasteiger charge is -2.36. The van der Waals surface area contributed by atoms with Gasteiger partial charge in [0.2, 0.25) is 11.8 Å². The van der Waals surface area contributed by atoms with Crippen LogP contribution in [0, 0.1) is 0 Å². The van der Waals surface area contributed by atoms with Crippen molar-refractivity contribution >= 4 is 34.4 Å². The van der Waals surface area contributed by atoms with Gasteiger partial charge in [-0.25, -0.2) is 15.0 Å². The summed E-state index contributed by atoms with van der Waals surface area (Å²) in [6, 6.07) is 4.07. The zero-order chi connectivity index (χ0) is 20.7. The minimum absolute atomic E-state index is 0.00456. The molecule has 0 aromatic carbocycles. The number of rotatable bonds is 3. The van der Waals surface area contributed by atoms with Crippen LogP contribution in [0.4, 0.5) is 23.3 Å². The van der Waals surface area contributed by atoms with Gasteiger partial charge < -0.3 is 20.0 Å². The molecule has 0 bridgehead atoms. The molecule has 5 heterocycles. The SMILES string of the molecule is c1cc(Nc2ncc3oc4c(c3n2)C2(CCCCC2)CN=N4)ncc1N1CCNCC1. The summed E-state index contributed by atoms with van der Waals surface area (Å²) >= 11 is 0. The van der Waals surface area contributed by atoms with Crippen molar-refractivity contribution in [1.82, 2.24) is 20.3 Å². The molecule has 1 saturated heterocycles. The van der Waals surface area contributed by atoms with Crippen LogP contribution in [0.2, 0.25) is 0 Å². The Kier molecular flexibility index (Phi) is 4.56. The summed E-state index contributed by atoms with van der Waals surface area (Å²) in [7, 11) is 0. The van der Waals surface area contributed by atoms with E-state index in [-0.39, 0.29) is 5.41 Å². The average molecular weight is 419 g/mol. The number of furan rings is 1. The molecule has 1 saturated carbocycles. The number of fused-ring (bicyclic) bond motifs is 4. The second kappa shape index (κ2) is 7.56. The molecule has 6 rings (SSSR count). The van der Waals surface area contributed by atoms with Gasteiger partial charge in [-0.15, -0.1) is 5.11 Å².